The highest BCUT2D eigenvalue weighted by Gasteiger charge is 2.32. The molecule has 3 aromatic rings. The van der Waals surface area contributed by atoms with Crippen molar-refractivity contribution >= 4 is 17.7 Å². The van der Waals surface area contributed by atoms with Crippen LogP contribution in [-0.4, -0.2) is 52.5 Å². The normalized spacial score (nSPS) is 14.4. The Morgan fingerprint density at radius 2 is 1.81 bits per heavy atom. The Labute approximate surface area is 210 Å². The number of nitrogens with one attached hydrogen (secondary N) is 1. The summed E-state index contributed by atoms with van der Waals surface area (Å²) in [5.74, 6) is -0.162. The molecule has 9 heteroatoms. The fourth-order valence-electron chi connectivity index (χ4n) is 4.30. The number of methoxy groups -OCH3 is 1. The van der Waals surface area contributed by atoms with Crippen LogP contribution in [0.5, 0.6) is 5.75 Å². The highest BCUT2D eigenvalue weighted by Crippen LogP contribution is 2.33. The first kappa shape index (κ1) is 25.2. The Morgan fingerprint density at radius 1 is 1.08 bits per heavy atom. The van der Waals surface area contributed by atoms with E-state index in [1.807, 2.05) is 20.8 Å². The molecule has 1 saturated heterocycles. The SMILES string of the molecule is COc1cccc(NC(=O)c2cnn(-c3cccc(F)c3)c2C2CCN(C(=O)OC(C)(C)C)CC2)c1. The van der Waals surface area contributed by atoms with Gasteiger partial charge in [0.05, 0.1) is 30.3 Å². The van der Waals surface area contributed by atoms with Gasteiger partial charge in [0.15, 0.2) is 0 Å². The molecule has 0 aliphatic carbocycles. The van der Waals surface area contributed by atoms with Crippen LogP contribution in [0.4, 0.5) is 14.9 Å². The predicted octanol–water partition coefficient (Wildman–Crippen LogP) is 5.39. The Kier molecular flexibility index (Phi) is 7.28. The van der Waals surface area contributed by atoms with Crippen LogP contribution in [-0.2, 0) is 4.74 Å². The molecule has 0 saturated carbocycles. The van der Waals surface area contributed by atoms with Gasteiger partial charge in [0.1, 0.15) is 17.2 Å². The Morgan fingerprint density at radius 3 is 2.47 bits per heavy atom. The molecule has 0 radical (unpaired) electrons. The minimum atomic E-state index is -0.574. The summed E-state index contributed by atoms with van der Waals surface area (Å²) >= 11 is 0. The van der Waals surface area contributed by atoms with Gasteiger partial charge in [-0.1, -0.05) is 12.1 Å². The highest BCUT2D eigenvalue weighted by molar-refractivity contribution is 6.05. The molecule has 0 bridgehead atoms. The van der Waals surface area contributed by atoms with Crippen LogP contribution in [0.25, 0.3) is 5.69 Å². The number of nitrogens with zero attached hydrogens (tertiary/aromatic N) is 3. The predicted molar refractivity (Wildman–Crippen MR) is 134 cm³/mol. The molecule has 2 heterocycles. The zero-order valence-corrected chi connectivity index (χ0v) is 21.0. The Bertz CT molecular complexity index is 1240. The number of ether oxygens (including phenoxy) is 2. The van der Waals surface area contributed by atoms with Crippen LogP contribution in [0.2, 0.25) is 0 Å². The van der Waals surface area contributed by atoms with Gasteiger partial charge in [-0.05, 0) is 63.9 Å². The number of benzene rings is 2. The first-order valence-electron chi connectivity index (χ1n) is 11.9. The van der Waals surface area contributed by atoms with Crippen LogP contribution in [0.3, 0.4) is 0 Å². The largest absolute Gasteiger partial charge is 0.497 e. The van der Waals surface area contributed by atoms with Crippen LogP contribution in [0.1, 0.15) is 55.6 Å². The number of halogens is 1. The van der Waals surface area contributed by atoms with E-state index in [0.717, 1.165) is 0 Å². The molecule has 2 aromatic carbocycles. The number of carbonyl (C=O) groups excluding carboxylic acids is 2. The molecule has 8 nitrogen and oxygen atoms in total. The zero-order valence-electron chi connectivity index (χ0n) is 21.0. The molecular formula is C27H31FN4O4. The second-order valence-electron chi connectivity index (χ2n) is 9.76. The second kappa shape index (κ2) is 10.4. The Hall–Kier alpha value is -3.88. The van der Waals surface area contributed by atoms with Crippen LogP contribution < -0.4 is 10.1 Å². The number of hydrogen-bond acceptors (Lipinski definition) is 5. The smallest absolute Gasteiger partial charge is 0.410 e. The van der Waals surface area contributed by atoms with Crippen LogP contribution in [0.15, 0.2) is 54.7 Å². The number of piperidine rings is 1. The van der Waals surface area contributed by atoms with Crippen molar-refractivity contribution in [2.75, 3.05) is 25.5 Å². The van der Waals surface area contributed by atoms with Gasteiger partial charge in [0.2, 0.25) is 0 Å². The molecule has 1 fully saturated rings. The molecule has 1 aliphatic heterocycles. The fourth-order valence-corrected chi connectivity index (χ4v) is 4.30. The summed E-state index contributed by atoms with van der Waals surface area (Å²) in [5.41, 5.74) is 1.63. The molecular weight excluding hydrogens is 463 g/mol. The third kappa shape index (κ3) is 5.84. The summed E-state index contributed by atoms with van der Waals surface area (Å²) in [4.78, 5) is 27.6. The molecule has 190 valence electrons. The number of carbonyl (C=O) groups is 2. The topological polar surface area (TPSA) is 85.7 Å². The van der Waals surface area contributed by atoms with Gasteiger partial charge in [0, 0.05) is 30.8 Å². The van der Waals surface area contributed by atoms with Gasteiger partial charge in [-0.25, -0.2) is 13.9 Å². The number of anilines is 1. The fraction of sp³-hybridized carbons (Fsp3) is 0.370. The summed E-state index contributed by atoms with van der Waals surface area (Å²) in [6, 6.07) is 13.2. The lowest BCUT2D eigenvalue weighted by Crippen LogP contribution is -2.41. The van der Waals surface area contributed by atoms with E-state index in [1.54, 1.807) is 53.1 Å². The van der Waals surface area contributed by atoms with E-state index >= 15 is 0 Å². The van der Waals surface area contributed by atoms with Gasteiger partial charge < -0.3 is 19.7 Å². The van der Waals surface area contributed by atoms with Gasteiger partial charge in [-0.15, -0.1) is 0 Å². The minimum Gasteiger partial charge on any atom is -0.497 e. The molecule has 4 rings (SSSR count). The Balaban J connectivity index is 1.62. The molecule has 1 aromatic heterocycles. The molecule has 0 spiro atoms. The monoisotopic (exact) mass is 494 g/mol. The van der Waals surface area contributed by atoms with Crippen molar-refractivity contribution in [2.24, 2.45) is 0 Å². The van der Waals surface area contributed by atoms with E-state index < -0.39 is 11.4 Å². The maximum absolute atomic E-state index is 14.0. The second-order valence-corrected chi connectivity index (χ2v) is 9.76. The summed E-state index contributed by atoms with van der Waals surface area (Å²) in [6.45, 7) is 6.46. The molecule has 2 amide bonds. The van der Waals surface area contributed by atoms with Crippen molar-refractivity contribution < 1.29 is 23.5 Å². The van der Waals surface area contributed by atoms with Crippen molar-refractivity contribution in [2.45, 2.75) is 45.1 Å². The number of likely N-dealkylation sites (tertiary alicyclic amines) is 1. The van der Waals surface area contributed by atoms with Gasteiger partial charge >= 0.3 is 6.09 Å². The van der Waals surface area contributed by atoms with Crippen molar-refractivity contribution in [1.29, 1.82) is 0 Å². The van der Waals surface area contributed by atoms with E-state index in [2.05, 4.69) is 10.4 Å². The summed E-state index contributed by atoms with van der Waals surface area (Å²) in [5, 5.41) is 7.37. The maximum Gasteiger partial charge on any atom is 0.410 e. The van der Waals surface area contributed by atoms with Crippen molar-refractivity contribution in [1.82, 2.24) is 14.7 Å². The lowest BCUT2D eigenvalue weighted by atomic mass is 9.90. The number of hydrogen-bond donors (Lipinski definition) is 1. The summed E-state index contributed by atoms with van der Waals surface area (Å²) < 4.78 is 26.4. The van der Waals surface area contributed by atoms with E-state index in [-0.39, 0.29) is 17.9 Å². The van der Waals surface area contributed by atoms with E-state index in [1.165, 1.54) is 18.3 Å². The first-order chi connectivity index (χ1) is 17.1. The van der Waals surface area contributed by atoms with Crippen LogP contribution >= 0.6 is 0 Å². The summed E-state index contributed by atoms with van der Waals surface area (Å²) in [7, 11) is 1.56. The molecule has 0 unspecified atom stereocenters. The average Bonchev–Trinajstić information content (AvgIpc) is 3.29. The van der Waals surface area contributed by atoms with E-state index in [0.29, 0.717) is 54.3 Å². The average molecular weight is 495 g/mol. The van der Waals surface area contributed by atoms with Crippen molar-refractivity contribution in [3.63, 3.8) is 0 Å². The molecule has 1 aliphatic rings. The highest BCUT2D eigenvalue weighted by atomic mass is 19.1. The third-order valence-corrected chi connectivity index (χ3v) is 5.96. The molecule has 0 atom stereocenters. The van der Waals surface area contributed by atoms with Gasteiger partial charge in [-0.3, -0.25) is 4.79 Å². The zero-order chi connectivity index (χ0) is 25.9. The standard InChI is InChI=1S/C27H31FN4O4/c1-27(2,3)36-26(34)31-13-11-18(12-14-31)24-23(17-29-32(24)21-9-5-7-19(28)15-21)25(33)30-20-8-6-10-22(16-20)35-4/h5-10,15-18H,11-14H2,1-4H3,(H,30,33). The van der Waals surface area contributed by atoms with Crippen molar-refractivity contribution in [3.05, 3.63) is 71.8 Å². The van der Waals surface area contributed by atoms with Crippen molar-refractivity contribution in [3.8, 4) is 11.4 Å². The maximum atomic E-state index is 14.0. The van der Waals surface area contributed by atoms with Gasteiger partial charge in [-0.2, -0.15) is 5.10 Å². The quantitative estimate of drug-likeness (QED) is 0.514. The first-order valence-corrected chi connectivity index (χ1v) is 11.9. The van der Waals surface area contributed by atoms with Crippen LogP contribution in [0, 0.1) is 5.82 Å². The van der Waals surface area contributed by atoms with E-state index in [4.69, 9.17) is 9.47 Å². The number of rotatable bonds is 5. The minimum absolute atomic E-state index is 0.0690. The summed E-state index contributed by atoms with van der Waals surface area (Å²) in [6.07, 6.45) is 2.38. The lowest BCUT2D eigenvalue weighted by molar-refractivity contribution is 0.0203. The molecule has 1 N–H and O–H groups in total. The third-order valence-electron chi connectivity index (χ3n) is 5.96. The number of amides is 2. The van der Waals surface area contributed by atoms with E-state index in [9.17, 15) is 14.0 Å². The van der Waals surface area contributed by atoms with Gasteiger partial charge in [0.25, 0.3) is 5.91 Å². The lowest BCUT2D eigenvalue weighted by Gasteiger charge is -2.34. The number of aromatic nitrogens is 2. The molecule has 36 heavy (non-hydrogen) atoms.